The second-order valence-corrected chi connectivity index (χ2v) is 6.59. The van der Waals surface area contributed by atoms with Crippen LogP contribution in [0.5, 0.6) is 5.75 Å². The molecular weight excluding hydrogens is 350 g/mol. The fourth-order valence-corrected chi connectivity index (χ4v) is 3.26. The van der Waals surface area contributed by atoms with E-state index in [9.17, 15) is 0 Å². The summed E-state index contributed by atoms with van der Waals surface area (Å²) in [6.45, 7) is 7.29. The van der Waals surface area contributed by atoms with Crippen LogP contribution >= 0.6 is 0 Å². The second-order valence-electron chi connectivity index (χ2n) is 6.59. The minimum Gasteiger partial charge on any atom is -0.496 e. The number of imidazole rings is 1. The molecule has 0 saturated heterocycles. The van der Waals surface area contributed by atoms with Crippen LogP contribution < -0.4 is 15.4 Å². The Hall–Kier alpha value is -3.02. The number of nitrogens with one attached hydrogen (secondary N) is 2. The Morgan fingerprint density at radius 3 is 2.71 bits per heavy atom. The lowest BCUT2D eigenvalue weighted by atomic mass is 10.2. The maximum absolute atomic E-state index is 5.41. The summed E-state index contributed by atoms with van der Waals surface area (Å²) in [4.78, 5) is 9.32. The molecule has 0 bridgehead atoms. The first-order valence-electron chi connectivity index (χ1n) is 9.79. The van der Waals surface area contributed by atoms with E-state index in [0.717, 1.165) is 54.7 Å². The number of ether oxygens (including phenoxy) is 1. The molecule has 0 aliphatic rings. The van der Waals surface area contributed by atoms with Crippen molar-refractivity contribution >= 4 is 17.0 Å². The van der Waals surface area contributed by atoms with Crippen molar-refractivity contribution in [3.63, 3.8) is 0 Å². The molecule has 3 aromatic rings. The molecule has 3 rings (SSSR count). The van der Waals surface area contributed by atoms with E-state index in [4.69, 9.17) is 4.74 Å². The number of hydrogen-bond donors (Lipinski definition) is 2. The van der Waals surface area contributed by atoms with Gasteiger partial charge in [0, 0.05) is 25.2 Å². The molecule has 0 radical (unpaired) electrons. The Morgan fingerprint density at radius 1 is 1.11 bits per heavy atom. The van der Waals surface area contributed by atoms with Crippen LogP contribution in [0.2, 0.25) is 0 Å². The van der Waals surface area contributed by atoms with E-state index < -0.39 is 0 Å². The van der Waals surface area contributed by atoms with Gasteiger partial charge in [-0.25, -0.2) is 9.98 Å². The van der Waals surface area contributed by atoms with Gasteiger partial charge < -0.3 is 19.9 Å². The van der Waals surface area contributed by atoms with Gasteiger partial charge in [-0.05, 0) is 38.5 Å². The normalized spacial score (nSPS) is 11.6. The van der Waals surface area contributed by atoms with Crippen molar-refractivity contribution in [3.05, 3.63) is 59.9 Å². The zero-order chi connectivity index (χ0) is 19.8. The Kier molecular flexibility index (Phi) is 6.89. The van der Waals surface area contributed by atoms with Gasteiger partial charge in [0.15, 0.2) is 5.96 Å². The fourth-order valence-electron chi connectivity index (χ4n) is 3.26. The molecule has 0 atom stereocenters. The Labute approximate surface area is 166 Å². The lowest BCUT2D eigenvalue weighted by Gasteiger charge is -2.13. The monoisotopic (exact) mass is 379 g/mol. The van der Waals surface area contributed by atoms with Crippen LogP contribution in [0, 0.1) is 6.92 Å². The lowest BCUT2D eigenvalue weighted by Crippen LogP contribution is -2.38. The van der Waals surface area contributed by atoms with E-state index in [1.807, 2.05) is 30.3 Å². The standard InChI is InChI=1S/C22H29N5O/c1-4-23-22(25-16-18-10-5-8-13-21(18)28-3)24-14-9-15-27-17(2)26-19-11-6-7-12-20(19)27/h5-8,10-13H,4,9,14-16H2,1-3H3,(H2,23,24,25). The smallest absolute Gasteiger partial charge is 0.191 e. The number of para-hydroxylation sites is 3. The SMILES string of the molecule is CCNC(=NCc1ccccc1OC)NCCCn1c(C)nc2ccccc21. The Bertz CT molecular complexity index is 932. The quantitative estimate of drug-likeness (QED) is 0.357. The van der Waals surface area contributed by atoms with Crippen LogP contribution in [0.15, 0.2) is 53.5 Å². The molecule has 6 nitrogen and oxygen atoms in total. The van der Waals surface area contributed by atoms with Gasteiger partial charge in [-0.15, -0.1) is 0 Å². The zero-order valence-corrected chi connectivity index (χ0v) is 16.9. The average Bonchev–Trinajstić information content (AvgIpc) is 3.04. The van der Waals surface area contributed by atoms with Gasteiger partial charge in [0.05, 0.1) is 24.7 Å². The molecular formula is C22H29N5O. The first-order valence-corrected chi connectivity index (χ1v) is 9.79. The van der Waals surface area contributed by atoms with E-state index >= 15 is 0 Å². The predicted octanol–water partition coefficient (Wildman–Crippen LogP) is 3.50. The summed E-state index contributed by atoms with van der Waals surface area (Å²) in [5.74, 6) is 2.74. The Morgan fingerprint density at radius 2 is 1.89 bits per heavy atom. The van der Waals surface area contributed by atoms with Gasteiger partial charge in [-0.1, -0.05) is 30.3 Å². The second kappa shape index (κ2) is 9.78. The van der Waals surface area contributed by atoms with Crippen molar-refractivity contribution in [2.24, 2.45) is 4.99 Å². The summed E-state index contributed by atoms with van der Waals surface area (Å²) >= 11 is 0. The molecule has 148 valence electrons. The third-order valence-corrected chi connectivity index (χ3v) is 4.64. The molecule has 2 aromatic carbocycles. The molecule has 28 heavy (non-hydrogen) atoms. The molecule has 0 aliphatic carbocycles. The number of rotatable bonds is 8. The molecule has 6 heteroatoms. The summed E-state index contributed by atoms with van der Waals surface area (Å²) < 4.78 is 7.68. The molecule has 2 N–H and O–H groups in total. The molecule has 0 aliphatic heterocycles. The van der Waals surface area contributed by atoms with Gasteiger partial charge in [-0.2, -0.15) is 0 Å². The average molecular weight is 380 g/mol. The van der Waals surface area contributed by atoms with Crippen molar-refractivity contribution in [1.82, 2.24) is 20.2 Å². The highest BCUT2D eigenvalue weighted by molar-refractivity contribution is 5.79. The van der Waals surface area contributed by atoms with Crippen molar-refractivity contribution in [2.45, 2.75) is 33.4 Å². The van der Waals surface area contributed by atoms with Crippen molar-refractivity contribution < 1.29 is 4.74 Å². The number of hydrogen-bond acceptors (Lipinski definition) is 3. The van der Waals surface area contributed by atoms with Crippen LogP contribution in [-0.4, -0.2) is 35.7 Å². The highest BCUT2D eigenvalue weighted by Crippen LogP contribution is 2.18. The molecule has 1 heterocycles. The van der Waals surface area contributed by atoms with Gasteiger partial charge in [-0.3, -0.25) is 0 Å². The van der Waals surface area contributed by atoms with E-state index in [0.29, 0.717) is 6.54 Å². The summed E-state index contributed by atoms with van der Waals surface area (Å²) in [5.41, 5.74) is 3.32. The number of aliphatic imine (C=N–C) groups is 1. The Balaban J connectivity index is 1.57. The maximum Gasteiger partial charge on any atom is 0.191 e. The molecule has 0 unspecified atom stereocenters. The van der Waals surface area contributed by atoms with Gasteiger partial charge in [0.25, 0.3) is 0 Å². The number of fused-ring (bicyclic) bond motifs is 1. The summed E-state index contributed by atoms with van der Waals surface area (Å²) in [6, 6.07) is 16.3. The van der Waals surface area contributed by atoms with Crippen LogP contribution in [0.3, 0.4) is 0 Å². The number of methoxy groups -OCH3 is 1. The van der Waals surface area contributed by atoms with Crippen LogP contribution in [0.4, 0.5) is 0 Å². The lowest BCUT2D eigenvalue weighted by molar-refractivity contribution is 0.410. The first-order chi connectivity index (χ1) is 13.7. The van der Waals surface area contributed by atoms with Crippen LogP contribution in [0.25, 0.3) is 11.0 Å². The predicted molar refractivity (Wildman–Crippen MR) is 115 cm³/mol. The fraction of sp³-hybridized carbons (Fsp3) is 0.364. The highest BCUT2D eigenvalue weighted by atomic mass is 16.5. The topological polar surface area (TPSA) is 63.5 Å². The van der Waals surface area contributed by atoms with Gasteiger partial charge in [0.2, 0.25) is 0 Å². The van der Waals surface area contributed by atoms with Crippen molar-refractivity contribution in [3.8, 4) is 5.75 Å². The number of nitrogens with zero attached hydrogens (tertiary/aromatic N) is 3. The van der Waals surface area contributed by atoms with Gasteiger partial charge >= 0.3 is 0 Å². The number of guanidine groups is 1. The minimum absolute atomic E-state index is 0.574. The van der Waals surface area contributed by atoms with E-state index in [1.165, 1.54) is 5.52 Å². The minimum atomic E-state index is 0.574. The number of benzene rings is 2. The molecule has 0 fully saturated rings. The maximum atomic E-state index is 5.41. The van der Waals surface area contributed by atoms with Crippen molar-refractivity contribution in [2.75, 3.05) is 20.2 Å². The highest BCUT2D eigenvalue weighted by Gasteiger charge is 2.06. The number of aryl methyl sites for hydroxylation is 2. The summed E-state index contributed by atoms with van der Waals surface area (Å²) in [7, 11) is 1.69. The molecule has 1 aromatic heterocycles. The van der Waals surface area contributed by atoms with Crippen LogP contribution in [-0.2, 0) is 13.1 Å². The zero-order valence-electron chi connectivity index (χ0n) is 16.9. The van der Waals surface area contributed by atoms with E-state index in [2.05, 4.69) is 57.2 Å². The molecule has 0 amide bonds. The third-order valence-electron chi connectivity index (χ3n) is 4.64. The molecule has 0 spiro atoms. The first kappa shape index (κ1) is 19.7. The van der Waals surface area contributed by atoms with E-state index in [-0.39, 0.29) is 0 Å². The van der Waals surface area contributed by atoms with Crippen LogP contribution in [0.1, 0.15) is 24.7 Å². The largest absolute Gasteiger partial charge is 0.496 e. The number of aromatic nitrogens is 2. The molecule has 0 saturated carbocycles. The van der Waals surface area contributed by atoms with Crippen molar-refractivity contribution in [1.29, 1.82) is 0 Å². The van der Waals surface area contributed by atoms with E-state index in [1.54, 1.807) is 7.11 Å². The van der Waals surface area contributed by atoms with Gasteiger partial charge in [0.1, 0.15) is 11.6 Å². The summed E-state index contributed by atoms with van der Waals surface area (Å²) in [6.07, 6.45) is 0.986. The third kappa shape index (κ3) is 4.82. The summed E-state index contributed by atoms with van der Waals surface area (Å²) in [5, 5.41) is 6.73.